The Morgan fingerprint density at radius 3 is 2.81 bits per heavy atom. The molecule has 21 heavy (non-hydrogen) atoms. The van der Waals surface area contributed by atoms with Crippen LogP contribution >= 0.6 is 11.8 Å². The van der Waals surface area contributed by atoms with Crippen molar-refractivity contribution in [1.82, 2.24) is 29.9 Å². The van der Waals surface area contributed by atoms with Gasteiger partial charge in [-0.15, -0.1) is 5.10 Å². The summed E-state index contributed by atoms with van der Waals surface area (Å²) in [4.78, 5) is 11.6. The molecule has 2 N–H and O–H groups in total. The summed E-state index contributed by atoms with van der Waals surface area (Å²) in [6.45, 7) is 8.42. The number of aromatic nitrogens is 5. The Kier molecular flexibility index (Phi) is 5.24. The fraction of sp³-hybridized carbons (Fsp3) is 0.615. The van der Waals surface area contributed by atoms with Crippen molar-refractivity contribution in [2.24, 2.45) is 7.05 Å². The highest BCUT2D eigenvalue weighted by Gasteiger charge is 2.17. The van der Waals surface area contributed by atoms with E-state index in [-0.39, 0.29) is 5.69 Å². The molecule has 0 saturated carbocycles. The second kappa shape index (κ2) is 6.95. The zero-order chi connectivity index (χ0) is 15.4. The zero-order valence-corrected chi connectivity index (χ0v) is 13.8. The van der Waals surface area contributed by atoms with E-state index in [0.29, 0.717) is 11.7 Å². The van der Waals surface area contributed by atoms with Crippen molar-refractivity contribution in [3.8, 4) is 0 Å². The van der Waals surface area contributed by atoms with E-state index in [0.717, 1.165) is 35.8 Å². The molecule has 7 nitrogen and oxygen atoms in total. The molecular formula is C13H22N6OS. The minimum atomic E-state index is -0.176. The molecule has 0 aliphatic heterocycles. The Labute approximate surface area is 128 Å². The number of aryl methyl sites for hydroxylation is 2. The van der Waals surface area contributed by atoms with Crippen LogP contribution in [-0.4, -0.2) is 31.1 Å². The molecule has 0 bridgehead atoms. The minimum Gasteiger partial charge on any atom is -0.313 e. The molecule has 2 rings (SSSR count). The summed E-state index contributed by atoms with van der Waals surface area (Å²) in [5.41, 5.74) is 1.99. The first-order chi connectivity index (χ1) is 10.1. The number of rotatable bonds is 7. The Hall–Kier alpha value is -1.54. The van der Waals surface area contributed by atoms with E-state index < -0.39 is 0 Å². The number of hydrogen-bond acceptors (Lipinski definition) is 5. The lowest BCUT2D eigenvalue weighted by molar-refractivity contribution is 0.642. The topological polar surface area (TPSA) is 80.5 Å². The number of H-pyrrole nitrogens is 1. The summed E-state index contributed by atoms with van der Waals surface area (Å²) in [5, 5.41) is 16.2. The van der Waals surface area contributed by atoms with Gasteiger partial charge in [-0.25, -0.2) is 9.89 Å². The summed E-state index contributed by atoms with van der Waals surface area (Å²) in [6, 6.07) is 0. The van der Waals surface area contributed by atoms with Gasteiger partial charge in [-0.3, -0.25) is 9.25 Å². The summed E-state index contributed by atoms with van der Waals surface area (Å²) >= 11 is 1.47. The van der Waals surface area contributed by atoms with Crippen molar-refractivity contribution in [1.29, 1.82) is 0 Å². The Morgan fingerprint density at radius 1 is 1.38 bits per heavy atom. The van der Waals surface area contributed by atoms with E-state index in [2.05, 4.69) is 27.5 Å². The largest absolute Gasteiger partial charge is 0.343 e. The molecular weight excluding hydrogens is 288 g/mol. The molecule has 0 radical (unpaired) electrons. The maximum Gasteiger partial charge on any atom is 0.343 e. The third-order valence-electron chi connectivity index (χ3n) is 3.24. The molecule has 8 heteroatoms. The lowest BCUT2D eigenvalue weighted by Crippen LogP contribution is -2.16. The number of nitrogens with one attached hydrogen (secondary N) is 2. The van der Waals surface area contributed by atoms with Crippen LogP contribution in [0.4, 0.5) is 0 Å². The van der Waals surface area contributed by atoms with Crippen molar-refractivity contribution in [3.63, 3.8) is 0 Å². The monoisotopic (exact) mass is 310 g/mol. The molecule has 0 amide bonds. The van der Waals surface area contributed by atoms with Gasteiger partial charge in [-0.1, -0.05) is 6.92 Å². The van der Waals surface area contributed by atoms with Gasteiger partial charge in [0.05, 0.1) is 5.69 Å². The summed E-state index contributed by atoms with van der Waals surface area (Å²) < 4.78 is 3.47. The van der Waals surface area contributed by atoms with Gasteiger partial charge in [0.1, 0.15) is 5.03 Å². The molecule has 0 unspecified atom stereocenters. The molecule has 0 aliphatic rings. The van der Waals surface area contributed by atoms with E-state index in [1.165, 1.54) is 11.8 Å². The second-order valence-electron chi connectivity index (χ2n) is 4.83. The van der Waals surface area contributed by atoms with Gasteiger partial charge in [0.25, 0.3) is 0 Å². The summed E-state index contributed by atoms with van der Waals surface area (Å²) in [7, 11) is 1.92. The van der Waals surface area contributed by atoms with Crippen LogP contribution in [0.2, 0.25) is 0 Å². The molecule has 0 saturated heterocycles. The third kappa shape index (κ3) is 3.38. The van der Waals surface area contributed by atoms with Gasteiger partial charge in [0.2, 0.25) is 0 Å². The first kappa shape index (κ1) is 15.8. The van der Waals surface area contributed by atoms with E-state index >= 15 is 0 Å². The van der Waals surface area contributed by atoms with Crippen LogP contribution in [0.25, 0.3) is 0 Å². The molecule has 0 fully saturated rings. The van der Waals surface area contributed by atoms with Gasteiger partial charge in [0.15, 0.2) is 5.16 Å². The molecule has 2 heterocycles. The highest BCUT2D eigenvalue weighted by molar-refractivity contribution is 7.99. The van der Waals surface area contributed by atoms with E-state index in [1.807, 2.05) is 25.6 Å². The summed E-state index contributed by atoms with van der Waals surface area (Å²) in [6.07, 6.45) is 1.09. The highest BCUT2D eigenvalue weighted by atomic mass is 32.2. The first-order valence-corrected chi connectivity index (χ1v) is 7.96. The third-order valence-corrected chi connectivity index (χ3v) is 4.44. The van der Waals surface area contributed by atoms with Crippen LogP contribution < -0.4 is 11.0 Å². The molecule has 0 atom stereocenters. The van der Waals surface area contributed by atoms with E-state index in [9.17, 15) is 4.79 Å². The van der Waals surface area contributed by atoms with E-state index in [4.69, 9.17) is 0 Å². The van der Waals surface area contributed by atoms with Crippen LogP contribution in [0.1, 0.15) is 31.5 Å². The smallest absolute Gasteiger partial charge is 0.313 e. The maximum atomic E-state index is 11.6. The highest BCUT2D eigenvalue weighted by Crippen LogP contribution is 2.29. The lowest BCUT2D eigenvalue weighted by Gasteiger charge is -2.07. The van der Waals surface area contributed by atoms with Crippen LogP contribution in [0.15, 0.2) is 15.0 Å². The number of nitrogens with zero attached hydrogens (tertiary/aromatic N) is 4. The van der Waals surface area contributed by atoms with Crippen molar-refractivity contribution in [2.75, 3.05) is 6.54 Å². The van der Waals surface area contributed by atoms with Crippen LogP contribution in [0.3, 0.4) is 0 Å². The molecule has 2 aromatic heterocycles. The van der Waals surface area contributed by atoms with Crippen LogP contribution in [0.5, 0.6) is 0 Å². The van der Waals surface area contributed by atoms with Gasteiger partial charge >= 0.3 is 5.69 Å². The lowest BCUT2D eigenvalue weighted by atomic mass is 10.2. The summed E-state index contributed by atoms with van der Waals surface area (Å²) in [5.74, 6) is 0. The molecule has 0 spiro atoms. The van der Waals surface area contributed by atoms with Gasteiger partial charge in [-0.2, -0.15) is 5.10 Å². The molecule has 0 aromatic carbocycles. The molecule has 2 aromatic rings. The Bertz CT molecular complexity index is 656. The average Bonchev–Trinajstić information content (AvgIpc) is 2.93. The molecule has 0 aliphatic carbocycles. The quantitative estimate of drug-likeness (QED) is 0.753. The number of hydrogen-bond donors (Lipinski definition) is 2. The van der Waals surface area contributed by atoms with Gasteiger partial charge in [-0.05, 0) is 38.6 Å². The second-order valence-corrected chi connectivity index (χ2v) is 5.78. The fourth-order valence-electron chi connectivity index (χ4n) is 2.15. The van der Waals surface area contributed by atoms with Gasteiger partial charge in [0, 0.05) is 25.7 Å². The van der Waals surface area contributed by atoms with Crippen molar-refractivity contribution in [2.45, 2.75) is 50.5 Å². The standard InChI is InChI=1S/C13H22N6OS/c1-5-7-14-8-10-9(3)17-18(4)11(10)21-13-16-15-12(20)19(13)6-2/h14H,5-8H2,1-4H3,(H,15,20). The van der Waals surface area contributed by atoms with Crippen LogP contribution in [-0.2, 0) is 20.1 Å². The van der Waals surface area contributed by atoms with Crippen LogP contribution in [0, 0.1) is 6.92 Å². The van der Waals surface area contributed by atoms with Crippen molar-refractivity contribution in [3.05, 3.63) is 21.7 Å². The van der Waals surface area contributed by atoms with Crippen molar-refractivity contribution >= 4 is 11.8 Å². The predicted molar refractivity (Wildman–Crippen MR) is 82.6 cm³/mol. The van der Waals surface area contributed by atoms with Gasteiger partial charge < -0.3 is 5.32 Å². The molecule has 116 valence electrons. The average molecular weight is 310 g/mol. The zero-order valence-electron chi connectivity index (χ0n) is 12.9. The maximum absolute atomic E-state index is 11.6. The predicted octanol–water partition coefficient (Wildman–Crippen LogP) is 1.28. The first-order valence-electron chi connectivity index (χ1n) is 7.14. The Morgan fingerprint density at radius 2 is 2.14 bits per heavy atom. The SMILES string of the molecule is CCCNCc1c(C)nn(C)c1Sc1n[nH]c(=O)n1CC. The normalized spacial score (nSPS) is 11.2. The fourth-order valence-corrected chi connectivity index (χ4v) is 3.25. The number of aromatic amines is 1. The van der Waals surface area contributed by atoms with E-state index in [1.54, 1.807) is 4.57 Å². The Balaban J connectivity index is 2.28. The van der Waals surface area contributed by atoms with Crippen molar-refractivity contribution < 1.29 is 0 Å². The minimum absolute atomic E-state index is 0.176.